The zero-order valence-corrected chi connectivity index (χ0v) is 29.0. The summed E-state index contributed by atoms with van der Waals surface area (Å²) in [5, 5.41) is 33.4. The van der Waals surface area contributed by atoms with Crippen molar-refractivity contribution in [2.24, 2.45) is 47.3 Å². The molecule has 9 rings (SSSR count). The van der Waals surface area contributed by atoms with E-state index < -0.39 is 0 Å². The standard InChI is InChI=1S/C32H54Cl2N8.Au/c33-22-14-13-21-23(24(22)34)32-41-30-20-12-6-5-11-19(20)28(39-30)37-26-16-8-2-1-7-15(16)25(35-26)36-27-17-9-3-4-10-18(17)29(38-27)40-31(21)42-32;/h15-32,35-42H,1-14H2;. The van der Waals surface area contributed by atoms with E-state index in [1.807, 2.05) is 0 Å². The average Bonchev–Trinajstić information content (AvgIpc) is 3.74. The van der Waals surface area contributed by atoms with Crippen LogP contribution in [0.25, 0.3) is 0 Å². The van der Waals surface area contributed by atoms with Gasteiger partial charge >= 0.3 is 0 Å². The first-order chi connectivity index (χ1) is 20.6. The van der Waals surface area contributed by atoms with Crippen LogP contribution in [0.15, 0.2) is 0 Å². The van der Waals surface area contributed by atoms with Gasteiger partial charge in [-0.25, -0.2) is 0 Å². The molecule has 5 aliphatic heterocycles. The average molecular weight is 819 g/mol. The normalized spacial score (nSPS) is 57.6. The molecule has 8 nitrogen and oxygen atoms in total. The molecule has 0 aromatic rings. The number of hydrogen-bond acceptors (Lipinski definition) is 8. The molecule has 4 aliphatic carbocycles. The van der Waals surface area contributed by atoms with Crippen molar-refractivity contribution in [1.29, 1.82) is 0 Å². The summed E-state index contributed by atoms with van der Waals surface area (Å²) in [5.41, 5.74) is 0. The van der Waals surface area contributed by atoms with E-state index >= 15 is 0 Å². The molecule has 43 heavy (non-hydrogen) atoms. The Hall–Kier alpha value is 1.00. The minimum Gasteiger partial charge on any atom is -0.286 e. The van der Waals surface area contributed by atoms with Crippen LogP contribution in [0.1, 0.15) is 89.9 Å². The molecular formula is C32H54AuCl2N8. The van der Waals surface area contributed by atoms with Gasteiger partial charge in [-0.2, -0.15) is 0 Å². The molecule has 5 heterocycles. The van der Waals surface area contributed by atoms with Crippen molar-refractivity contribution in [3.05, 3.63) is 0 Å². The Labute approximate surface area is 284 Å². The number of alkyl halides is 2. The van der Waals surface area contributed by atoms with Crippen LogP contribution in [0.3, 0.4) is 0 Å². The summed E-state index contributed by atoms with van der Waals surface area (Å²) in [6, 6.07) is 0. The molecule has 9 aliphatic rings. The third kappa shape index (κ3) is 5.47. The predicted molar refractivity (Wildman–Crippen MR) is 167 cm³/mol. The number of halogens is 2. The van der Waals surface area contributed by atoms with Gasteiger partial charge in [0.05, 0.1) is 60.1 Å². The van der Waals surface area contributed by atoms with Gasteiger partial charge in [-0.1, -0.05) is 38.5 Å². The van der Waals surface area contributed by atoms with E-state index in [9.17, 15) is 0 Å². The summed E-state index contributed by atoms with van der Waals surface area (Å²) in [6.45, 7) is 0. The molecule has 8 N–H and O–H groups in total. The number of nitrogens with one attached hydrogen (secondary N) is 8. The van der Waals surface area contributed by atoms with Gasteiger partial charge in [0.25, 0.3) is 0 Å². The number of fused-ring (bicyclic) bond motifs is 20. The molecule has 247 valence electrons. The topological polar surface area (TPSA) is 96.2 Å². The van der Waals surface area contributed by atoms with Gasteiger partial charge in [0.15, 0.2) is 0 Å². The molecular weight excluding hydrogens is 764 g/mol. The SMILES string of the molecule is ClC1CCC2C3NC4NC(NC5NC(NC6NC(NC(N3)C2C1Cl)C1CCCCC61)C1CCCCC51)C1CCCCC41.[Au]. The summed E-state index contributed by atoms with van der Waals surface area (Å²) in [5.74, 6) is 4.93. The molecule has 11 heteroatoms. The summed E-state index contributed by atoms with van der Waals surface area (Å²) < 4.78 is 0. The van der Waals surface area contributed by atoms with Crippen molar-refractivity contribution in [3.63, 3.8) is 0 Å². The van der Waals surface area contributed by atoms with Crippen LogP contribution in [0.2, 0.25) is 0 Å². The Morgan fingerprint density at radius 1 is 0.326 bits per heavy atom. The van der Waals surface area contributed by atoms with Crippen molar-refractivity contribution in [1.82, 2.24) is 42.5 Å². The summed E-state index contributed by atoms with van der Waals surface area (Å²) in [6.07, 6.45) is 20.8. The minimum atomic E-state index is -0.0154. The summed E-state index contributed by atoms with van der Waals surface area (Å²) >= 11 is 14.1. The Kier molecular flexibility index (Phi) is 9.31. The maximum absolute atomic E-state index is 7.21. The number of rotatable bonds is 0. The predicted octanol–water partition coefficient (Wildman–Crippen LogP) is 3.04. The molecule has 5 saturated heterocycles. The molecule has 4 saturated carbocycles. The van der Waals surface area contributed by atoms with E-state index in [4.69, 9.17) is 23.2 Å². The zero-order chi connectivity index (χ0) is 27.9. The first-order valence-electron chi connectivity index (χ1n) is 18.0. The largest absolute Gasteiger partial charge is 0.286 e. The van der Waals surface area contributed by atoms with Gasteiger partial charge < -0.3 is 0 Å². The van der Waals surface area contributed by atoms with Crippen molar-refractivity contribution in [3.8, 4) is 0 Å². The van der Waals surface area contributed by atoms with Gasteiger partial charge in [-0.3, -0.25) is 42.5 Å². The molecule has 0 amide bonds. The van der Waals surface area contributed by atoms with Crippen LogP contribution in [0.4, 0.5) is 0 Å². The maximum Gasteiger partial charge on any atom is 0.0643 e. The van der Waals surface area contributed by atoms with E-state index in [-0.39, 0.29) is 45.5 Å². The first kappa shape index (κ1) is 31.3. The fraction of sp³-hybridized carbons (Fsp3) is 1.00. The summed E-state index contributed by atoms with van der Waals surface area (Å²) in [4.78, 5) is 0. The third-order valence-electron chi connectivity index (χ3n) is 13.9. The van der Waals surface area contributed by atoms with E-state index in [1.165, 1.54) is 77.0 Å². The Morgan fingerprint density at radius 3 is 0.930 bits per heavy atom. The van der Waals surface area contributed by atoms with Gasteiger partial charge in [0.1, 0.15) is 0 Å². The van der Waals surface area contributed by atoms with Crippen LogP contribution in [-0.4, -0.2) is 60.1 Å². The van der Waals surface area contributed by atoms with Gasteiger partial charge in [-0.15, -0.1) is 23.2 Å². The second kappa shape index (κ2) is 12.8. The Morgan fingerprint density at radius 2 is 0.605 bits per heavy atom. The molecule has 18 atom stereocenters. The Bertz CT molecular complexity index is 995. The molecule has 0 aromatic carbocycles. The van der Waals surface area contributed by atoms with E-state index in [0.29, 0.717) is 84.3 Å². The quantitative estimate of drug-likeness (QED) is 0.140. The monoisotopic (exact) mass is 817 g/mol. The second-order valence-electron chi connectivity index (χ2n) is 15.8. The molecule has 18 unspecified atom stereocenters. The van der Waals surface area contributed by atoms with E-state index in [0.717, 1.165) is 12.8 Å². The molecule has 8 bridgehead atoms. The van der Waals surface area contributed by atoms with E-state index in [2.05, 4.69) is 42.5 Å². The van der Waals surface area contributed by atoms with Crippen LogP contribution < -0.4 is 42.5 Å². The fourth-order valence-electron chi connectivity index (χ4n) is 11.9. The third-order valence-corrected chi connectivity index (χ3v) is 15.1. The first-order valence-corrected chi connectivity index (χ1v) is 18.9. The maximum atomic E-state index is 7.21. The van der Waals surface area contributed by atoms with Crippen LogP contribution in [0, 0.1) is 47.3 Å². The van der Waals surface area contributed by atoms with Crippen molar-refractivity contribution >= 4 is 23.2 Å². The van der Waals surface area contributed by atoms with Gasteiger partial charge in [-0.05, 0) is 92.8 Å². The second-order valence-corrected chi connectivity index (χ2v) is 16.8. The molecule has 0 spiro atoms. The molecule has 0 aromatic heterocycles. The van der Waals surface area contributed by atoms with Crippen molar-refractivity contribution in [2.75, 3.05) is 0 Å². The van der Waals surface area contributed by atoms with Crippen LogP contribution in [0.5, 0.6) is 0 Å². The number of hydrogen-bond donors (Lipinski definition) is 8. The van der Waals surface area contributed by atoms with Crippen molar-refractivity contribution in [2.45, 2.75) is 150 Å². The van der Waals surface area contributed by atoms with Crippen LogP contribution >= 0.6 is 23.2 Å². The zero-order valence-electron chi connectivity index (χ0n) is 25.3. The fourth-order valence-corrected chi connectivity index (χ4v) is 12.7. The van der Waals surface area contributed by atoms with E-state index in [1.54, 1.807) is 0 Å². The molecule has 1 radical (unpaired) electrons. The Balaban J connectivity index is 0.00000278. The van der Waals surface area contributed by atoms with Crippen molar-refractivity contribution < 1.29 is 22.4 Å². The smallest absolute Gasteiger partial charge is 0.0643 e. The minimum absolute atomic E-state index is 0. The van der Waals surface area contributed by atoms with Crippen LogP contribution in [-0.2, 0) is 22.4 Å². The van der Waals surface area contributed by atoms with Gasteiger partial charge in [0.2, 0.25) is 0 Å². The molecule has 9 fully saturated rings. The summed E-state index contributed by atoms with van der Waals surface area (Å²) in [7, 11) is 0. The van der Waals surface area contributed by atoms with Gasteiger partial charge in [0, 0.05) is 28.3 Å².